The number of halogens is 3. The molecular weight excluding hydrogens is 622 g/mol. The summed E-state index contributed by atoms with van der Waals surface area (Å²) < 4.78 is 0. The Hall–Kier alpha value is -2.63. The Balaban J connectivity index is 1.55. The lowest BCUT2D eigenvalue weighted by atomic mass is 9.81. The smallest absolute Gasteiger partial charge is 0.282 e. The van der Waals surface area contributed by atoms with Crippen LogP contribution in [0.25, 0.3) is 0 Å². The van der Waals surface area contributed by atoms with Gasteiger partial charge < -0.3 is 0 Å². The molecule has 9 nitrogen and oxygen atoms in total. The molecule has 2 bridgehead atoms. The Labute approximate surface area is 227 Å². The first-order valence-corrected chi connectivity index (χ1v) is 13.3. The van der Waals surface area contributed by atoms with E-state index in [4.69, 9.17) is 11.6 Å². The van der Waals surface area contributed by atoms with Crippen molar-refractivity contribution in [3.8, 4) is 0 Å². The fraction of sp³-hybridized carbons (Fsp3) is 0.333. The number of ketones is 1. The van der Waals surface area contributed by atoms with Crippen molar-refractivity contribution in [2.45, 2.75) is 16.1 Å². The minimum Gasteiger partial charge on any atom is -0.292 e. The van der Waals surface area contributed by atoms with Crippen LogP contribution in [0.2, 0.25) is 5.02 Å². The van der Waals surface area contributed by atoms with Crippen LogP contribution in [0.4, 0.5) is 5.69 Å². The number of carbonyl (C=O) groups excluding carboxylic acids is 4. The Kier molecular flexibility index (Phi) is 6.50. The number of amides is 3. The highest BCUT2D eigenvalue weighted by Crippen LogP contribution is 2.60. The molecular formula is C24H18Br2ClN3O6. The molecule has 36 heavy (non-hydrogen) atoms. The number of hydrazine groups is 1. The van der Waals surface area contributed by atoms with Gasteiger partial charge in [-0.25, -0.2) is 5.01 Å². The van der Waals surface area contributed by atoms with E-state index in [-0.39, 0.29) is 32.6 Å². The van der Waals surface area contributed by atoms with E-state index in [9.17, 15) is 29.3 Å². The molecule has 5 rings (SSSR count). The molecule has 3 fully saturated rings. The SMILES string of the molecule is O=C(CN(C(=O)c1ccccc1[N+](=O)[O-])N1C(=O)[C@@H]2[C@H]3C[C@@H]([C@H](Br)[C@H]3Br)[C@@H]2C1=O)c1ccc(Cl)cc1. The van der Waals surface area contributed by atoms with Gasteiger partial charge in [-0.1, -0.05) is 55.6 Å². The highest BCUT2D eigenvalue weighted by atomic mass is 79.9. The van der Waals surface area contributed by atoms with E-state index in [2.05, 4.69) is 31.9 Å². The van der Waals surface area contributed by atoms with Crippen LogP contribution in [-0.2, 0) is 9.59 Å². The number of imide groups is 1. The number of rotatable bonds is 6. The summed E-state index contributed by atoms with van der Waals surface area (Å²) in [6.07, 6.45) is 0.689. The average Bonchev–Trinajstić information content (AvgIpc) is 3.47. The van der Waals surface area contributed by atoms with Crippen LogP contribution in [0.3, 0.4) is 0 Å². The Morgan fingerprint density at radius 3 is 2.11 bits per heavy atom. The van der Waals surface area contributed by atoms with Crippen molar-refractivity contribution in [1.82, 2.24) is 10.0 Å². The number of nitrogens with zero attached hydrogens (tertiary/aromatic N) is 3. The zero-order chi connectivity index (χ0) is 25.9. The van der Waals surface area contributed by atoms with Gasteiger partial charge in [-0.05, 0) is 48.6 Å². The van der Waals surface area contributed by atoms with E-state index >= 15 is 0 Å². The minimum absolute atomic E-state index is 0.0180. The molecule has 1 aliphatic heterocycles. The number of alkyl halides is 2. The molecule has 1 saturated heterocycles. The maximum atomic E-state index is 13.7. The van der Waals surface area contributed by atoms with Crippen molar-refractivity contribution in [2.24, 2.45) is 23.7 Å². The molecule has 1 heterocycles. The number of nitro groups is 1. The van der Waals surface area contributed by atoms with E-state index < -0.39 is 52.5 Å². The molecule has 0 N–H and O–H groups in total. The fourth-order valence-electron chi connectivity index (χ4n) is 5.62. The van der Waals surface area contributed by atoms with Crippen molar-refractivity contribution in [2.75, 3.05) is 6.54 Å². The van der Waals surface area contributed by atoms with Gasteiger partial charge in [-0.3, -0.25) is 29.3 Å². The van der Waals surface area contributed by atoms with Crippen LogP contribution in [0.1, 0.15) is 27.1 Å². The second-order valence-corrected chi connectivity index (χ2v) is 11.6. The van der Waals surface area contributed by atoms with Gasteiger partial charge in [0.15, 0.2) is 5.78 Å². The van der Waals surface area contributed by atoms with Crippen LogP contribution in [0.15, 0.2) is 48.5 Å². The minimum atomic E-state index is -0.982. The molecule has 186 valence electrons. The van der Waals surface area contributed by atoms with Gasteiger partial charge in [0.25, 0.3) is 23.4 Å². The highest BCUT2D eigenvalue weighted by molar-refractivity contribution is 9.12. The number of benzene rings is 2. The Morgan fingerprint density at radius 2 is 1.56 bits per heavy atom. The zero-order valence-electron chi connectivity index (χ0n) is 18.4. The maximum Gasteiger partial charge on any atom is 0.282 e. The molecule has 0 radical (unpaired) electrons. The predicted molar refractivity (Wildman–Crippen MR) is 136 cm³/mol. The second-order valence-electron chi connectivity index (χ2n) is 9.06. The Bertz CT molecular complexity index is 1270. The number of fused-ring (bicyclic) bond motifs is 5. The molecule has 3 amide bonds. The number of Topliss-reactive ketones (excluding diaryl/α,β-unsaturated/α-hetero) is 1. The summed E-state index contributed by atoms with van der Waals surface area (Å²) in [7, 11) is 0. The third-order valence-corrected chi connectivity index (χ3v) is 10.7. The zero-order valence-corrected chi connectivity index (χ0v) is 22.4. The second kappa shape index (κ2) is 9.35. The summed E-state index contributed by atoms with van der Waals surface area (Å²) in [6.45, 7) is -0.658. The quantitative estimate of drug-likeness (QED) is 0.153. The van der Waals surface area contributed by atoms with Gasteiger partial charge >= 0.3 is 0 Å². The lowest BCUT2D eigenvalue weighted by molar-refractivity contribution is -0.385. The molecule has 0 aromatic heterocycles. The molecule has 2 aromatic carbocycles. The van der Waals surface area contributed by atoms with Crippen molar-refractivity contribution < 1.29 is 24.1 Å². The van der Waals surface area contributed by atoms with Crippen molar-refractivity contribution in [1.29, 1.82) is 0 Å². The number of para-hydroxylation sites is 1. The summed E-state index contributed by atoms with van der Waals surface area (Å²) in [5.41, 5.74) is -0.615. The molecule has 12 heteroatoms. The maximum absolute atomic E-state index is 13.7. The summed E-state index contributed by atoms with van der Waals surface area (Å²) in [5, 5.41) is 13.5. The Morgan fingerprint density at radius 1 is 1.00 bits per heavy atom. The molecule has 2 saturated carbocycles. The van der Waals surface area contributed by atoms with Crippen molar-refractivity contribution in [3.05, 3.63) is 74.8 Å². The lowest BCUT2D eigenvalue weighted by Gasteiger charge is -2.30. The van der Waals surface area contributed by atoms with Crippen LogP contribution >= 0.6 is 43.5 Å². The standard InChI is InChI=1S/C24H18Br2ClN3O6/c25-20-14-9-15(21(20)26)19-18(14)23(33)29(24(19)34)28(10-17(31)11-5-7-12(27)8-6-11)22(32)13-3-1-2-4-16(13)30(35)36/h1-8,14-15,18-21H,9-10H2/t14-,15-,18-,19+,20+,21+/m1/s1. The molecule has 3 aliphatic rings. The van der Waals surface area contributed by atoms with E-state index in [1.54, 1.807) is 0 Å². The van der Waals surface area contributed by atoms with Crippen LogP contribution in [-0.4, -0.2) is 54.6 Å². The van der Waals surface area contributed by atoms with E-state index in [0.29, 0.717) is 11.4 Å². The summed E-state index contributed by atoms with van der Waals surface area (Å²) >= 11 is 13.1. The third-order valence-electron chi connectivity index (χ3n) is 7.23. The first-order valence-electron chi connectivity index (χ1n) is 11.1. The molecule has 6 atom stereocenters. The topological polar surface area (TPSA) is 118 Å². The first-order chi connectivity index (χ1) is 17.1. The van der Waals surface area contributed by atoms with Gasteiger partial charge in [0.2, 0.25) is 0 Å². The largest absolute Gasteiger partial charge is 0.292 e. The van der Waals surface area contributed by atoms with Gasteiger partial charge in [0.1, 0.15) is 12.1 Å². The molecule has 2 aromatic rings. The fourth-order valence-corrected chi connectivity index (χ4v) is 7.62. The summed E-state index contributed by atoms with van der Waals surface area (Å²) in [6, 6.07) is 11.2. The third kappa shape index (κ3) is 3.88. The van der Waals surface area contributed by atoms with E-state index in [0.717, 1.165) is 16.1 Å². The average molecular weight is 640 g/mol. The molecule has 0 unspecified atom stereocenters. The summed E-state index contributed by atoms with van der Waals surface area (Å²) in [5.74, 6) is -4.17. The first kappa shape index (κ1) is 25.0. The number of nitro benzene ring substituents is 1. The monoisotopic (exact) mass is 637 g/mol. The molecule has 0 spiro atoms. The van der Waals surface area contributed by atoms with Crippen LogP contribution < -0.4 is 0 Å². The van der Waals surface area contributed by atoms with Gasteiger partial charge in [-0.2, -0.15) is 5.01 Å². The van der Waals surface area contributed by atoms with Gasteiger partial charge in [0.05, 0.1) is 16.8 Å². The number of hydrogen-bond acceptors (Lipinski definition) is 6. The summed E-state index contributed by atoms with van der Waals surface area (Å²) in [4.78, 5) is 64.9. The van der Waals surface area contributed by atoms with E-state index in [1.165, 1.54) is 42.5 Å². The van der Waals surface area contributed by atoms with Gasteiger partial charge in [0, 0.05) is 26.3 Å². The number of hydrogen-bond donors (Lipinski definition) is 0. The predicted octanol–water partition coefficient (Wildman–Crippen LogP) is 4.27. The van der Waals surface area contributed by atoms with Gasteiger partial charge in [-0.15, -0.1) is 0 Å². The number of carbonyl (C=O) groups is 4. The van der Waals surface area contributed by atoms with E-state index in [1.807, 2.05) is 0 Å². The van der Waals surface area contributed by atoms with Crippen molar-refractivity contribution in [3.63, 3.8) is 0 Å². The normalized spacial score (nSPS) is 28.4. The van der Waals surface area contributed by atoms with Crippen LogP contribution in [0, 0.1) is 33.8 Å². The van der Waals surface area contributed by atoms with Crippen LogP contribution in [0.5, 0.6) is 0 Å². The highest BCUT2D eigenvalue weighted by Gasteiger charge is 2.67. The van der Waals surface area contributed by atoms with Crippen molar-refractivity contribution >= 4 is 72.7 Å². The lowest BCUT2D eigenvalue weighted by Crippen LogP contribution is -2.52. The molecule has 2 aliphatic carbocycles.